The van der Waals surface area contributed by atoms with Gasteiger partial charge in [0, 0.05) is 9.85 Å². The first-order chi connectivity index (χ1) is 9.45. The second-order valence-electron chi connectivity index (χ2n) is 3.90. The van der Waals surface area contributed by atoms with E-state index in [1.54, 1.807) is 11.4 Å². The summed E-state index contributed by atoms with van der Waals surface area (Å²) in [4.78, 5) is 26.9. The number of carbonyl (C=O) groups is 2. The monoisotopic (exact) mass is 355 g/mol. The van der Waals surface area contributed by atoms with Crippen molar-refractivity contribution in [2.75, 3.05) is 11.1 Å². The molecule has 2 aromatic rings. The number of hydrogen-bond acceptors (Lipinski definition) is 5. The molecule has 1 aromatic carbocycles. The van der Waals surface area contributed by atoms with Crippen LogP contribution in [-0.2, 0) is 11.2 Å². The fraction of sp³-hybridized carbons (Fsp3) is 0.0833. The van der Waals surface area contributed by atoms with Crippen LogP contribution in [0.25, 0.3) is 0 Å². The molecule has 0 unspecified atom stereocenters. The second-order valence-corrected chi connectivity index (χ2v) is 5.70. The summed E-state index contributed by atoms with van der Waals surface area (Å²) in [5, 5.41) is 13.7. The number of nitrogen functional groups attached to an aromatic ring is 1. The number of carbonyl (C=O) groups excluding carboxylic acids is 1. The minimum absolute atomic E-state index is 0.0272. The quantitative estimate of drug-likeness (QED) is 0.780. The highest BCUT2D eigenvalue weighted by molar-refractivity contribution is 9.10. The van der Waals surface area contributed by atoms with E-state index < -0.39 is 5.97 Å². The molecule has 1 heterocycles. The number of nitrogens with one attached hydrogen (secondary N) is 1. The Balaban J connectivity index is 2.15. The number of carboxylic acids is 1. The molecule has 0 radical (unpaired) electrons. The lowest BCUT2D eigenvalue weighted by molar-refractivity contribution is -0.115. The Kier molecular flexibility index (Phi) is 4.35. The summed E-state index contributed by atoms with van der Waals surface area (Å²) in [5.74, 6) is -1.46. The molecular weight excluding hydrogens is 346 g/mol. The number of halogens is 1. The van der Waals surface area contributed by atoms with Crippen LogP contribution in [0.5, 0.6) is 0 Å². The first-order valence-corrected chi connectivity index (χ1v) is 7.15. The van der Waals surface area contributed by atoms with Crippen molar-refractivity contribution < 1.29 is 14.7 Å². The zero-order valence-electron chi connectivity index (χ0n) is 10.1. The minimum Gasteiger partial charge on any atom is -0.478 e. The Morgan fingerprint density at radius 3 is 2.80 bits per heavy atom. The maximum atomic E-state index is 11.9. The lowest BCUT2D eigenvalue weighted by Crippen LogP contribution is -2.17. The van der Waals surface area contributed by atoms with E-state index >= 15 is 0 Å². The molecule has 6 nitrogen and oxygen atoms in total. The van der Waals surface area contributed by atoms with Gasteiger partial charge in [-0.05, 0) is 18.2 Å². The average Bonchev–Trinajstić information content (AvgIpc) is 2.74. The van der Waals surface area contributed by atoms with E-state index in [4.69, 9.17) is 10.8 Å². The zero-order chi connectivity index (χ0) is 14.7. The van der Waals surface area contributed by atoms with Crippen molar-refractivity contribution in [1.82, 2.24) is 4.98 Å². The van der Waals surface area contributed by atoms with Crippen LogP contribution in [0.4, 0.5) is 10.8 Å². The van der Waals surface area contributed by atoms with Crippen LogP contribution in [0.3, 0.4) is 0 Å². The predicted octanol–water partition coefficient (Wildman–Crippen LogP) is 2.37. The molecule has 0 bridgehead atoms. The first-order valence-electron chi connectivity index (χ1n) is 5.48. The molecule has 1 amide bonds. The third-order valence-corrected chi connectivity index (χ3v) is 3.61. The van der Waals surface area contributed by atoms with Gasteiger partial charge in [-0.1, -0.05) is 15.9 Å². The van der Waals surface area contributed by atoms with Crippen molar-refractivity contribution >= 4 is 50.0 Å². The summed E-state index contributed by atoms with van der Waals surface area (Å²) in [6.45, 7) is 0. The van der Waals surface area contributed by atoms with Crippen LogP contribution >= 0.6 is 27.3 Å². The summed E-state index contributed by atoms with van der Waals surface area (Å²) in [5.41, 5.74) is 6.30. The van der Waals surface area contributed by atoms with Crippen molar-refractivity contribution in [3.8, 4) is 0 Å². The van der Waals surface area contributed by atoms with Crippen LogP contribution in [0, 0.1) is 0 Å². The Morgan fingerprint density at radius 2 is 2.20 bits per heavy atom. The lowest BCUT2D eigenvalue weighted by Gasteiger charge is -2.08. The lowest BCUT2D eigenvalue weighted by atomic mass is 10.1. The van der Waals surface area contributed by atoms with E-state index in [-0.39, 0.29) is 23.6 Å². The maximum Gasteiger partial charge on any atom is 0.337 e. The van der Waals surface area contributed by atoms with Crippen molar-refractivity contribution in [1.29, 1.82) is 0 Å². The average molecular weight is 356 g/mol. The third kappa shape index (κ3) is 3.55. The van der Waals surface area contributed by atoms with Gasteiger partial charge in [-0.2, -0.15) is 0 Å². The van der Waals surface area contributed by atoms with E-state index in [2.05, 4.69) is 26.2 Å². The first kappa shape index (κ1) is 14.5. The van der Waals surface area contributed by atoms with Gasteiger partial charge < -0.3 is 16.2 Å². The number of thiazole rings is 1. The molecule has 8 heteroatoms. The van der Waals surface area contributed by atoms with Gasteiger partial charge in [0.1, 0.15) is 0 Å². The number of benzene rings is 1. The van der Waals surface area contributed by atoms with Crippen LogP contribution in [0.15, 0.2) is 28.1 Å². The Labute approximate surface area is 126 Å². The molecule has 20 heavy (non-hydrogen) atoms. The van der Waals surface area contributed by atoms with Gasteiger partial charge in [0.2, 0.25) is 5.91 Å². The van der Waals surface area contributed by atoms with Crippen molar-refractivity contribution in [2.24, 2.45) is 0 Å². The summed E-state index contributed by atoms with van der Waals surface area (Å²) in [6.07, 6.45) is 0.0409. The standard InChI is InChI=1S/C12H10BrN3O3S/c13-6-1-2-8(11(18)19)9(3-6)16-10(17)4-7-5-20-12(14)15-7/h1-3,5H,4H2,(H2,14,15)(H,16,17)(H,18,19). The second kappa shape index (κ2) is 6.02. The Bertz CT molecular complexity index is 672. The fourth-order valence-corrected chi connectivity index (χ4v) is 2.49. The predicted molar refractivity (Wildman–Crippen MR) is 80.0 cm³/mol. The van der Waals surface area contributed by atoms with Gasteiger partial charge in [-0.25, -0.2) is 9.78 Å². The normalized spacial score (nSPS) is 10.2. The number of aromatic carboxylic acids is 1. The van der Waals surface area contributed by atoms with E-state index in [1.807, 2.05) is 0 Å². The summed E-state index contributed by atoms with van der Waals surface area (Å²) < 4.78 is 0.677. The SMILES string of the molecule is Nc1nc(CC(=O)Nc2cc(Br)ccc2C(=O)O)cs1. The van der Waals surface area contributed by atoms with Gasteiger partial charge in [-0.3, -0.25) is 4.79 Å². The molecule has 1 aromatic heterocycles. The zero-order valence-corrected chi connectivity index (χ0v) is 12.5. The van der Waals surface area contributed by atoms with Crippen LogP contribution in [-0.4, -0.2) is 22.0 Å². The molecule has 4 N–H and O–H groups in total. The molecule has 104 valence electrons. The highest BCUT2D eigenvalue weighted by Crippen LogP contribution is 2.22. The summed E-state index contributed by atoms with van der Waals surface area (Å²) in [7, 11) is 0. The third-order valence-electron chi connectivity index (χ3n) is 2.40. The molecule has 0 aliphatic rings. The molecular formula is C12H10BrN3O3S. The smallest absolute Gasteiger partial charge is 0.337 e. The summed E-state index contributed by atoms with van der Waals surface area (Å²) >= 11 is 4.48. The Morgan fingerprint density at radius 1 is 1.45 bits per heavy atom. The van der Waals surface area contributed by atoms with E-state index in [0.29, 0.717) is 15.3 Å². The molecule has 0 fully saturated rings. The number of anilines is 2. The van der Waals surface area contributed by atoms with Crippen LogP contribution in [0.1, 0.15) is 16.1 Å². The number of aromatic nitrogens is 1. The van der Waals surface area contributed by atoms with E-state index in [1.165, 1.54) is 23.5 Å². The van der Waals surface area contributed by atoms with Crippen LogP contribution in [0.2, 0.25) is 0 Å². The highest BCUT2D eigenvalue weighted by Gasteiger charge is 2.14. The number of rotatable bonds is 4. The molecule has 0 aliphatic carbocycles. The molecule has 0 aliphatic heterocycles. The molecule has 0 spiro atoms. The van der Waals surface area contributed by atoms with E-state index in [9.17, 15) is 9.59 Å². The van der Waals surface area contributed by atoms with Gasteiger partial charge in [0.05, 0.1) is 23.4 Å². The summed E-state index contributed by atoms with van der Waals surface area (Å²) in [6, 6.07) is 4.56. The van der Waals surface area contributed by atoms with Crippen molar-refractivity contribution in [3.05, 3.63) is 39.3 Å². The number of hydrogen-bond donors (Lipinski definition) is 3. The number of nitrogens with two attached hydrogens (primary N) is 1. The maximum absolute atomic E-state index is 11.9. The molecule has 0 atom stereocenters. The van der Waals surface area contributed by atoms with Crippen molar-refractivity contribution in [3.63, 3.8) is 0 Å². The fourth-order valence-electron chi connectivity index (χ4n) is 1.57. The van der Waals surface area contributed by atoms with Crippen molar-refractivity contribution in [2.45, 2.75) is 6.42 Å². The van der Waals surface area contributed by atoms with Gasteiger partial charge in [0.25, 0.3) is 0 Å². The highest BCUT2D eigenvalue weighted by atomic mass is 79.9. The van der Waals surface area contributed by atoms with Gasteiger partial charge in [-0.15, -0.1) is 11.3 Å². The van der Waals surface area contributed by atoms with Crippen LogP contribution < -0.4 is 11.1 Å². The number of carboxylic acid groups (broad SMARTS) is 1. The number of nitrogens with zero attached hydrogens (tertiary/aromatic N) is 1. The van der Waals surface area contributed by atoms with Gasteiger partial charge in [0.15, 0.2) is 5.13 Å². The topological polar surface area (TPSA) is 105 Å². The van der Waals surface area contributed by atoms with Gasteiger partial charge >= 0.3 is 5.97 Å². The van der Waals surface area contributed by atoms with E-state index in [0.717, 1.165) is 0 Å². The number of amides is 1. The molecule has 0 saturated heterocycles. The Hall–Kier alpha value is -1.93. The largest absolute Gasteiger partial charge is 0.478 e. The molecule has 2 rings (SSSR count). The molecule has 0 saturated carbocycles. The minimum atomic E-state index is -1.11.